The van der Waals surface area contributed by atoms with Crippen LogP contribution in [0.4, 0.5) is 11.6 Å². The van der Waals surface area contributed by atoms with Crippen LogP contribution in [0.5, 0.6) is 17.5 Å². The highest BCUT2D eigenvalue weighted by atomic mass is 32.2. The molecular weight excluding hydrogens is 516 g/mol. The molecule has 2 N–H and O–H groups in total. The Kier molecular flexibility index (Phi) is 6.58. The number of aromatic amines is 1. The number of sulfone groups is 1. The summed E-state index contributed by atoms with van der Waals surface area (Å²) in [6, 6.07) is 7.90. The van der Waals surface area contributed by atoms with Gasteiger partial charge in [0.05, 0.1) is 18.2 Å². The van der Waals surface area contributed by atoms with Crippen molar-refractivity contribution in [1.29, 1.82) is 0 Å². The molecule has 0 amide bonds. The van der Waals surface area contributed by atoms with Gasteiger partial charge >= 0.3 is 6.01 Å². The van der Waals surface area contributed by atoms with Crippen molar-refractivity contribution in [3.05, 3.63) is 65.0 Å². The SMILES string of the molecule is COc1c(Nc2cc(C)[nH]n2)nc(Oc2ccc(S(=O)(=O)Cc3nccs3)cc2)nc1-c1cnn(C)c1. The number of thiazole rings is 1. The lowest BCUT2D eigenvalue weighted by Gasteiger charge is -2.14. The zero-order chi connectivity index (χ0) is 26.0. The highest BCUT2D eigenvalue weighted by Crippen LogP contribution is 2.37. The average Bonchev–Trinajstić information content (AvgIpc) is 3.62. The number of hydrogen-bond donors (Lipinski definition) is 2. The Morgan fingerprint density at radius 2 is 2.00 bits per heavy atom. The van der Waals surface area contributed by atoms with E-state index in [1.54, 1.807) is 47.8 Å². The van der Waals surface area contributed by atoms with Crippen LogP contribution in [0.15, 0.2) is 59.2 Å². The first-order chi connectivity index (χ1) is 17.8. The van der Waals surface area contributed by atoms with E-state index < -0.39 is 9.84 Å². The Bertz CT molecular complexity index is 1630. The number of hydrogen-bond acceptors (Lipinski definition) is 11. The van der Waals surface area contributed by atoms with E-state index in [1.807, 2.05) is 13.0 Å². The predicted octanol–water partition coefficient (Wildman–Crippen LogP) is 3.88. The van der Waals surface area contributed by atoms with Crippen molar-refractivity contribution in [2.75, 3.05) is 12.4 Å². The predicted molar refractivity (Wildman–Crippen MR) is 137 cm³/mol. The fourth-order valence-corrected chi connectivity index (χ4v) is 5.74. The van der Waals surface area contributed by atoms with E-state index >= 15 is 0 Å². The first kappa shape index (κ1) is 24.4. The molecule has 0 saturated heterocycles. The molecule has 190 valence electrons. The van der Waals surface area contributed by atoms with Crippen molar-refractivity contribution >= 4 is 32.8 Å². The highest BCUT2D eigenvalue weighted by molar-refractivity contribution is 7.90. The van der Waals surface area contributed by atoms with Crippen molar-refractivity contribution < 1.29 is 17.9 Å². The largest absolute Gasteiger partial charge is 0.491 e. The van der Waals surface area contributed by atoms with Crippen LogP contribution in [0.1, 0.15) is 10.7 Å². The zero-order valence-electron chi connectivity index (χ0n) is 20.0. The van der Waals surface area contributed by atoms with Gasteiger partial charge in [-0.05, 0) is 31.2 Å². The molecule has 0 aliphatic carbocycles. The maximum Gasteiger partial charge on any atom is 0.324 e. The van der Waals surface area contributed by atoms with Crippen LogP contribution in [0.2, 0.25) is 0 Å². The molecular formula is C23H22N8O4S2. The van der Waals surface area contributed by atoms with Gasteiger partial charge in [0.1, 0.15) is 22.2 Å². The smallest absolute Gasteiger partial charge is 0.324 e. The summed E-state index contributed by atoms with van der Waals surface area (Å²) >= 11 is 1.30. The van der Waals surface area contributed by atoms with E-state index in [9.17, 15) is 8.42 Å². The molecule has 5 aromatic rings. The van der Waals surface area contributed by atoms with E-state index in [1.165, 1.54) is 30.6 Å². The standard InChI is InChI=1S/C23H22N8O4S2/c1-14-10-18(30-29-14)26-22-21(34-3)20(15-11-25-31(2)12-15)27-23(28-22)35-16-4-6-17(7-5-16)37(32,33)13-19-24-8-9-36-19/h4-12H,13H2,1-3H3,(H2,26,27,28,29,30). The first-order valence-electron chi connectivity index (χ1n) is 10.9. The van der Waals surface area contributed by atoms with Crippen LogP contribution in [0.25, 0.3) is 11.3 Å². The summed E-state index contributed by atoms with van der Waals surface area (Å²) in [6.07, 6.45) is 5.02. The normalized spacial score (nSPS) is 11.4. The summed E-state index contributed by atoms with van der Waals surface area (Å²) in [5.41, 5.74) is 2.01. The maximum atomic E-state index is 12.7. The molecule has 0 aliphatic rings. The second-order valence-electron chi connectivity index (χ2n) is 7.96. The summed E-state index contributed by atoms with van der Waals surface area (Å²) in [7, 11) is -0.231. The lowest BCUT2D eigenvalue weighted by Crippen LogP contribution is -2.05. The van der Waals surface area contributed by atoms with Crippen molar-refractivity contribution in [1.82, 2.24) is 34.9 Å². The highest BCUT2D eigenvalue weighted by Gasteiger charge is 2.21. The van der Waals surface area contributed by atoms with Crippen LogP contribution in [-0.2, 0) is 22.6 Å². The van der Waals surface area contributed by atoms with Crippen LogP contribution in [0.3, 0.4) is 0 Å². The van der Waals surface area contributed by atoms with Gasteiger partial charge in [0, 0.05) is 42.1 Å². The molecule has 12 nitrogen and oxygen atoms in total. The number of aromatic nitrogens is 7. The van der Waals surface area contributed by atoms with Gasteiger partial charge in [-0.2, -0.15) is 20.2 Å². The third kappa shape index (κ3) is 5.44. The minimum absolute atomic E-state index is 0.0211. The van der Waals surface area contributed by atoms with Crippen LogP contribution < -0.4 is 14.8 Å². The number of nitrogens with one attached hydrogen (secondary N) is 2. The van der Waals surface area contributed by atoms with Crippen LogP contribution in [-0.4, -0.2) is 50.5 Å². The molecule has 4 aromatic heterocycles. The molecule has 0 spiro atoms. The molecule has 5 rings (SSSR count). The zero-order valence-corrected chi connectivity index (χ0v) is 21.7. The van der Waals surface area contributed by atoms with Crippen molar-refractivity contribution in [3.63, 3.8) is 0 Å². The molecule has 0 radical (unpaired) electrons. The minimum Gasteiger partial charge on any atom is -0.491 e. The molecule has 0 bridgehead atoms. The molecule has 4 heterocycles. The van der Waals surface area contributed by atoms with E-state index in [-0.39, 0.29) is 16.7 Å². The van der Waals surface area contributed by atoms with Crippen molar-refractivity contribution in [3.8, 4) is 28.8 Å². The monoisotopic (exact) mass is 538 g/mol. The fourth-order valence-electron chi connectivity index (χ4n) is 3.49. The number of benzene rings is 1. The molecule has 0 fully saturated rings. The Balaban J connectivity index is 1.47. The Hall–Kier alpha value is -4.30. The number of nitrogens with zero attached hydrogens (tertiary/aromatic N) is 6. The first-order valence-corrected chi connectivity index (χ1v) is 13.5. The second-order valence-corrected chi connectivity index (χ2v) is 10.9. The number of methoxy groups -OCH3 is 1. The molecule has 0 aliphatic heterocycles. The molecule has 0 saturated carbocycles. The lowest BCUT2D eigenvalue weighted by molar-refractivity contribution is 0.404. The van der Waals surface area contributed by atoms with Crippen molar-refractivity contribution in [2.24, 2.45) is 7.05 Å². The third-order valence-corrected chi connectivity index (χ3v) is 7.78. The summed E-state index contributed by atoms with van der Waals surface area (Å²) in [5.74, 6) is 1.44. The summed E-state index contributed by atoms with van der Waals surface area (Å²) in [6.45, 7) is 1.88. The van der Waals surface area contributed by atoms with Crippen molar-refractivity contribution in [2.45, 2.75) is 17.6 Å². The fraction of sp³-hybridized carbons (Fsp3) is 0.174. The Morgan fingerprint density at radius 3 is 2.62 bits per heavy atom. The minimum atomic E-state index is -3.55. The van der Waals surface area contributed by atoms with E-state index in [4.69, 9.17) is 9.47 Å². The number of ether oxygens (including phenoxy) is 2. The lowest BCUT2D eigenvalue weighted by atomic mass is 10.2. The second kappa shape index (κ2) is 9.99. The third-order valence-electron chi connectivity index (χ3n) is 5.17. The Morgan fingerprint density at radius 1 is 1.19 bits per heavy atom. The quantitative estimate of drug-likeness (QED) is 0.283. The van der Waals surface area contributed by atoms with Gasteiger partial charge in [0.2, 0.25) is 0 Å². The number of anilines is 2. The van der Waals surface area contributed by atoms with Crippen LogP contribution >= 0.6 is 11.3 Å². The number of aryl methyl sites for hydroxylation is 2. The molecule has 1 aromatic carbocycles. The Labute approximate surface area is 216 Å². The number of H-pyrrole nitrogens is 1. The van der Waals surface area contributed by atoms with Crippen LogP contribution in [0, 0.1) is 6.92 Å². The van der Waals surface area contributed by atoms with E-state index in [0.717, 1.165) is 5.69 Å². The maximum absolute atomic E-state index is 12.7. The van der Waals surface area contributed by atoms with Gasteiger partial charge in [-0.15, -0.1) is 11.3 Å². The summed E-state index contributed by atoms with van der Waals surface area (Å²) < 4.78 is 38.7. The topological polar surface area (TPSA) is 150 Å². The summed E-state index contributed by atoms with van der Waals surface area (Å²) in [4.78, 5) is 13.3. The van der Waals surface area contributed by atoms with Gasteiger partial charge in [-0.3, -0.25) is 9.78 Å². The van der Waals surface area contributed by atoms with Gasteiger partial charge in [0.15, 0.2) is 27.2 Å². The van der Waals surface area contributed by atoms with E-state index in [0.29, 0.717) is 39.4 Å². The van der Waals surface area contributed by atoms with E-state index in [2.05, 4.69) is 35.6 Å². The summed E-state index contributed by atoms with van der Waals surface area (Å²) in [5, 5.41) is 16.7. The average molecular weight is 539 g/mol. The van der Waals surface area contributed by atoms with Gasteiger partial charge in [-0.25, -0.2) is 13.4 Å². The molecule has 0 unspecified atom stereocenters. The van der Waals surface area contributed by atoms with Gasteiger partial charge < -0.3 is 14.8 Å². The van der Waals surface area contributed by atoms with Gasteiger partial charge in [-0.1, -0.05) is 0 Å². The molecule has 14 heteroatoms. The molecule has 37 heavy (non-hydrogen) atoms. The molecule has 0 atom stereocenters. The van der Waals surface area contributed by atoms with Gasteiger partial charge in [0.25, 0.3) is 0 Å². The number of rotatable bonds is 9.